The Morgan fingerprint density at radius 3 is 2.39 bits per heavy atom. The van der Waals surface area contributed by atoms with Crippen LogP contribution in [-0.4, -0.2) is 37.9 Å². The Kier molecular flexibility index (Phi) is 5.26. The van der Waals surface area contributed by atoms with Gasteiger partial charge in [0, 0.05) is 17.9 Å². The van der Waals surface area contributed by atoms with Gasteiger partial charge in [0.2, 0.25) is 0 Å². The molecule has 2 heterocycles. The van der Waals surface area contributed by atoms with E-state index < -0.39 is 22.1 Å². The lowest BCUT2D eigenvalue weighted by atomic mass is 10.1. The van der Waals surface area contributed by atoms with Crippen LogP contribution in [0.25, 0.3) is 0 Å². The highest BCUT2D eigenvalue weighted by molar-refractivity contribution is 7.89. The van der Waals surface area contributed by atoms with Crippen molar-refractivity contribution in [2.75, 3.05) is 23.3 Å². The molecule has 1 saturated heterocycles. The SMILES string of the molecule is O=C(Nc1ccccc1)N1CCc2cc(S(=O)(=O)N3CC(c4ccccc4)NC3=O)ccc21. The highest BCUT2D eigenvalue weighted by Crippen LogP contribution is 2.33. The van der Waals surface area contributed by atoms with Crippen LogP contribution in [0.5, 0.6) is 0 Å². The number of hydrogen-bond acceptors (Lipinski definition) is 4. The molecule has 1 atom stereocenters. The molecule has 1 unspecified atom stereocenters. The smallest absolute Gasteiger partial charge is 0.328 e. The normalized spacial score (nSPS) is 17.6. The molecule has 0 aromatic heterocycles. The Hall–Kier alpha value is -3.85. The first-order valence-corrected chi connectivity index (χ1v) is 12.0. The number of sulfonamides is 1. The van der Waals surface area contributed by atoms with Crippen molar-refractivity contribution in [3.8, 4) is 0 Å². The molecular weight excluding hydrogens is 440 g/mol. The Labute approximate surface area is 191 Å². The van der Waals surface area contributed by atoms with Crippen molar-refractivity contribution < 1.29 is 18.0 Å². The standard InChI is InChI=1S/C24H22N4O4S/c29-23(25-19-9-5-2-6-10-19)27-14-13-18-15-20(11-12-22(18)27)33(31,32)28-16-21(26-24(28)30)17-7-3-1-4-8-17/h1-12,15,21H,13-14,16H2,(H,25,29)(H,26,30). The van der Waals surface area contributed by atoms with Crippen molar-refractivity contribution in [3.05, 3.63) is 90.0 Å². The molecule has 5 rings (SSSR count). The van der Waals surface area contributed by atoms with E-state index in [-0.39, 0.29) is 17.5 Å². The van der Waals surface area contributed by atoms with Gasteiger partial charge in [0.1, 0.15) is 0 Å². The number of nitrogens with one attached hydrogen (secondary N) is 2. The van der Waals surface area contributed by atoms with Crippen LogP contribution in [0, 0.1) is 0 Å². The summed E-state index contributed by atoms with van der Waals surface area (Å²) >= 11 is 0. The molecule has 168 valence electrons. The van der Waals surface area contributed by atoms with Crippen LogP contribution < -0.4 is 15.5 Å². The van der Waals surface area contributed by atoms with Crippen LogP contribution in [0.4, 0.5) is 21.0 Å². The molecule has 8 nitrogen and oxygen atoms in total. The van der Waals surface area contributed by atoms with Gasteiger partial charge in [-0.1, -0.05) is 48.5 Å². The lowest BCUT2D eigenvalue weighted by molar-refractivity contribution is 0.235. The molecule has 0 spiro atoms. The van der Waals surface area contributed by atoms with Crippen LogP contribution in [-0.2, 0) is 16.4 Å². The average Bonchev–Trinajstić information content (AvgIpc) is 3.44. The third-order valence-corrected chi connectivity index (χ3v) is 7.62. The largest absolute Gasteiger partial charge is 0.331 e. The molecule has 0 aliphatic carbocycles. The van der Waals surface area contributed by atoms with Crippen LogP contribution in [0.3, 0.4) is 0 Å². The van der Waals surface area contributed by atoms with E-state index in [1.54, 1.807) is 29.2 Å². The summed E-state index contributed by atoms with van der Waals surface area (Å²) in [6.45, 7) is 0.464. The summed E-state index contributed by atoms with van der Waals surface area (Å²) in [4.78, 5) is 26.8. The number of carbonyl (C=O) groups excluding carboxylic acids is 2. The van der Waals surface area contributed by atoms with Crippen LogP contribution in [0.2, 0.25) is 0 Å². The predicted molar refractivity (Wildman–Crippen MR) is 125 cm³/mol. The first-order chi connectivity index (χ1) is 15.9. The number of carbonyl (C=O) groups is 2. The first kappa shape index (κ1) is 21.0. The van der Waals surface area contributed by atoms with Crippen LogP contribution >= 0.6 is 0 Å². The quantitative estimate of drug-likeness (QED) is 0.617. The zero-order chi connectivity index (χ0) is 23.0. The van der Waals surface area contributed by atoms with E-state index in [9.17, 15) is 18.0 Å². The highest BCUT2D eigenvalue weighted by atomic mass is 32.2. The highest BCUT2D eigenvalue weighted by Gasteiger charge is 2.39. The van der Waals surface area contributed by atoms with E-state index in [0.717, 1.165) is 15.4 Å². The summed E-state index contributed by atoms with van der Waals surface area (Å²) in [5, 5.41) is 5.59. The Morgan fingerprint density at radius 2 is 1.67 bits per heavy atom. The van der Waals surface area contributed by atoms with E-state index in [1.165, 1.54) is 6.07 Å². The topological polar surface area (TPSA) is 98.8 Å². The second-order valence-electron chi connectivity index (χ2n) is 7.94. The van der Waals surface area contributed by atoms with Gasteiger partial charge >= 0.3 is 12.1 Å². The summed E-state index contributed by atoms with van der Waals surface area (Å²) in [5.41, 5.74) is 2.94. The van der Waals surface area contributed by atoms with Gasteiger partial charge in [0.05, 0.1) is 17.5 Å². The molecule has 2 N–H and O–H groups in total. The molecule has 9 heteroatoms. The lowest BCUT2D eigenvalue weighted by Crippen LogP contribution is -2.34. The summed E-state index contributed by atoms with van der Waals surface area (Å²) < 4.78 is 27.4. The molecular formula is C24H22N4O4S. The Balaban J connectivity index is 1.36. The number of para-hydroxylation sites is 1. The van der Waals surface area contributed by atoms with Gasteiger partial charge in [0.25, 0.3) is 10.0 Å². The molecule has 4 amide bonds. The molecule has 2 aliphatic rings. The number of fused-ring (bicyclic) bond motifs is 1. The van der Waals surface area contributed by atoms with Gasteiger partial charge in [0.15, 0.2) is 0 Å². The molecule has 0 bridgehead atoms. The van der Waals surface area contributed by atoms with Crippen molar-refractivity contribution >= 4 is 33.5 Å². The zero-order valence-corrected chi connectivity index (χ0v) is 18.5. The van der Waals surface area contributed by atoms with E-state index in [4.69, 9.17) is 0 Å². The van der Waals surface area contributed by atoms with Crippen molar-refractivity contribution in [2.24, 2.45) is 0 Å². The second-order valence-corrected chi connectivity index (χ2v) is 9.80. The fourth-order valence-electron chi connectivity index (χ4n) is 4.19. The lowest BCUT2D eigenvalue weighted by Gasteiger charge is -2.19. The molecule has 2 aliphatic heterocycles. The molecule has 1 fully saturated rings. The van der Waals surface area contributed by atoms with E-state index >= 15 is 0 Å². The van der Waals surface area contributed by atoms with Crippen molar-refractivity contribution in [3.63, 3.8) is 0 Å². The Bertz CT molecular complexity index is 1310. The number of anilines is 2. The molecule has 3 aromatic rings. The summed E-state index contributed by atoms with van der Waals surface area (Å²) in [7, 11) is -4.03. The van der Waals surface area contributed by atoms with Gasteiger partial charge in [-0.05, 0) is 47.9 Å². The maximum absolute atomic E-state index is 13.3. The number of rotatable bonds is 4. The van der Waals surface area contributed by atoms with Gasteiger partial charge in [-0.15, -0.1) is 0 Å². The van der Waals surface area contributed by atoms with Crippen molar-refractivity contribution in [1.29, 1.82) is 0 Å². The van der Waals surface area contributed by atoms with Crippen LogP contribution in [0.15, 0.2) is 83.8 Å². The minimum atomic E-state index is -4.03. The summed E-state index contributed by atoms with van der Waals surface area (Å²) in [5.74, 6) is 0. The maximum Gasteiger partial charge on any atom is 0.331 e. The molecule has 0 saturated carbocycles. The summed E-state index contributed by atoms with van der Waals surface area (Å²) in [6, 6.07) is 21.7. The third kappa shape index (κ3) is 3.91. The zero-order valence-electron chi connectivity index (χ0n) is 17.6. The predicted octanol–water partition coefficient (Wildman–Crippen LogP) is 3.74. The second kappa shape index (κ2) is 8.25. The number of benzene rings is 3. The van der Waals surface area contributed by atoms with Crippen molar-refractivity contribution in [1.82, 2.24) is 9.62 Å². The maximum atomic E-state index is 13.3. The number of hydrogen-bond donors (Lipinski definition) is 2. The molecule has 33 heavy (non-hydrogen) atoms. The number of nitrogens with zero attached hydrogens (tertiary/aromatic N) is 2. The van der Waals surface area contributed by atoms with Gasteiger partial charge in [-0.3, -0.25) is 4.90 Å². The first-order valence-electron chi connectivity index (χ1n) is 10.6. The molecule has 3 aromatic carbocycles. The number of urea groups is 2. The fourth-order valence-corrected chi connectivity index (χ4v) is 5.59. The van der Waals surface area contributed by atoms with Crippen molar-refractivity contribution in [2.45, 2.75) is 17.4 Å². The van der Waals surface area contributed by atoms with Crippen LogP contribution in [0.1, 0.15) is 17.2 Å². The van der Waals surface area contributed by atoms with E-state index in [1.807, 2.05) is 48.5 Å². The summed E-state index contributed by atoms with van der Waals surface area (Å²) in [6.07, 6.45) is 0.528. The average molecular weight is 463 g/mol. The fraction of sp³-hybridized carbons (Fsp3) is 0.167. The third-order valence-electron chi connectivity index (χ3n) is 5.88. The van der Waals surface area contributed by atoms with Gasteiger partial charge in [-0.2, -0.15) is 0 Å². The minimum Gasteiger partial charge on any atom is -0.328 e. The minimum absolute atomic E-state index is 0.0217. The van der Waals surface area contributed by atoms with Gasteiger partial charge < -0.3 is 10.6 Å². The molecule has 0 radical (unpaired) electrons. The van der Waals surface area contributed by atoms with Gasteiger partial charge in [-0.25, -0.2) is 22.3 Å². The van der Waals surface area contributed by atoms with E-state index in [2.05, 4.69) is 10.6 Å². The Morgan fingerprint density at radius 1 is 0.970 bits per heavy atom. The number of amides is 4. The monoisotopic (exact) mass is 462 g/mol. The van der Waals surface area contributed by atoms with E-state index in [0.29, 0.717) is 24.3 Å².